The van der Waals surface area contributed by atoms with E-state index in [1.807, 2.05) is 20.8 Å². The maximum absolute atomic E-state index is 13.4. The van der Waals surface area contributed by atoms with Crippen LogP contribution in [0.5, 0.6) is 0 Å². The van der Waals surface area contributed by atoms with Gasteiger partial charge in [-0.3, -0.25) is 9.59 Å². The van der Waals surface area contributed by atoms with Crippen LogP contribution in [0.15, 0.2) is 0 Å². The highest BCUT2D eigenvalue weighted by atomic mass is 16.5. The van der Waals surface area contributed by atoms with E-state index in [-0.39, 0.29) is 46.6 Å². The number of hydrogen-bond donors (Lipinski definition) is 2. The average Bonchev–Trinajstić information content (AvgIpc) is 3.24. The summed E-state index contributed by atoms with van der Waals surface area (Å²) in [5.41, 5.74) is 6.64. The van der Waals surface area contributed by atoms with Crippen molar-refractivity contribution >= 4 is 17.7 Å². The van der Waals surface area contributed by atoms with Crippen molar-refractivity contribution < 1.29 is 19.1 Å². The minimum Gasteiger partial charge on any atom is -0.461 e. The summed E-state index contributed by atoms with van der Waals surface area (Å²) in [6.45, 7) is 14.8. The molecule has 39 heavy (non-hydrogen) atoms. The molecule has 3 N–H and O–H groups in total. The van der Waals surface area contributed by atoms with E-state index in [1.165, 1.54) is 32.1 Å². The van der Waals surface area contributed by atoms with Crippen LogP contribution in [-0.4, -0.2) is 35.8 Å². The summed E-state index contributed by atoms with van der Waals surface area (Å²) >= 11 is 0. The lowest BCUT2D eigenvalue weighted by Crippen LogP contribution is -2.55. The summed E-state index contributed by atoms with van der Waals surface area (Å²) in [5.74, 6) is 3.09. The maximum Gasteiger partial charge on any atom is 0.328 e. The predicted molar refractivity (Wildman–Crippen MR) is 155 cm³/mol. The fraction of sp³-hybridized carbons (Fsp3) is 0.909. The smallest absolute Gasteiger partial charge is 0.328 e. The minimum atomic E-state index is -0.649. The normalized spacial score (nSPS) is 40.0. The lowest BCUT2D eigenvalue weighted by atomic mass is 9.44. The highest BCUT2D eigenvalue weighted by molar-refractivity contribution is 5.87. The van der Waals surface area contributed by atoms with Gasteiger partial charge < -0.3 is 15.8 Å². The van der Waals surface area contributed by atoms with Gasteiger partial charge in [-0.2, -0.15) is 0 Å². The first-order chi connectivity index (χ1) is 18.3. The molecule has 4 saturated carbocycles. The lowest BCUT2D eigenvalue weighted by molar-refractivity contribution is -0.166. The van der Waals surface area contributed by atoms with Crippen LogP contribution >= 0.6 is 0 Å². The Labute approximate surface area is 237 Å². The van der Waals surface area contributed by atoms with E-state index >= 15 is 0 Å². The van der Waals surface area contributed by atoms with Crippen LogP contribution in [0.25, 0.3) is 0 Å². The molecule has 4 aliphatic carbocycles. The molecule has 0 radical (unpaired) electrons. The molecule has 0 aromatic carbocycles. The lowest BCUT2D eigenvalue weighted by Gasteiger charge is -2.61. The number of carbonyl (C=O) groups excluding carboxylic acids is 3. The van der Waals surface area contributed by atoms with Crippen molar-refractivity contribution in [3.05, 3.63) is 0 Å². The monoisotopic (exact) mass is 544 g/mol. The van der Waals surface area contributed by atoms with E-state index in [1.54, 1.807) is 0 Å². The number of hydrogen-bond acceptors (Lipinski definition) is 5. The molecule has 0 bridgehead atoms. The molecule has 222 valence electrons. The number of Topliss-reactive ketones (excluding diaryl/α,β-unsaturated/α-hetero) is 1. The highest BCUT2D eigenvalue weighted by Crippen LogP contribution is 2.67. The van der Waals surface area contributed by atoms with Gasteiger partial charge in [-0.15, -0.1) is 0 Å². The third-order valence-electron chi connectivity index (χ3n) is 12.3. The predicted octanol–water partition coefficient (Wildman–Crippen LogP) is 6.05. The van der Waals surface area contributed by atoms with E-state index in [9.17, 15) is 14.4 Å². The molecule has 0 spiro atoms. The fourth-order valence-electron chi connectivity index (χ4n) is 9.71. The minimum absolute atomic E-state index is 0.0575. The number of nitrogens with one attached hydrogen (secondary N) is 1. The third-order valence-corrected chi connectivity index (χ3v) is 12.3. The van der Waals surface area contributed by atoms with Crippen LogP contribution in [-0.2, 0) is 19.1 Å². The van der Waals surface area contributed by atoms with E-state index < -0.39 is 12.1 Å². The Bertz CT molecular complexity index is 919. The summed E-state index contributed by atoms with van der Waals surface area (Å²) in [6.07, 6.45) is 11.4. The van der Waals surface area contributed by atoms with E-state index in [0.29, 0.717) is 30.0 Å². The fourth-order valence-corrected chi connectivity index (χ4v) is 9.71. The molecular formula is C33H56N2O4. The Hall–Kier alpha value is -1.43. The van der Waals surface area contributed by atoms with Crippen LogP contribution in [0.3, 0.4) is 0 Å². The molecule has 0 heterocycles. The van der Waals surface area contributed by atoms with Crippen LogP contribution in [0, 0.1) is 52.3 Å². The first kappa shape index (κ1) is 30.5. The molecule has 6 nitrogen and oxygen atoms in total. The van der Waals surface area contributed by atoms with Gasteiger partial charge in [-0.05, 0) is 117 Å². The number of amides is 1. The zero-order chi connectivity index (χ0) is 28.7. The van der Waals surface area contributed by atoms with Crippen LogP contribution in [0.1, 0.15) is 119 Å². The number of fused-ring (bicyclic) bond motifs is 5. The summed E-state index contributed by atoms with van der Waals surface area (Å²) in [6, 6.07) is -1.27. The maximum atomic E-state index is 13.4. The van der Waals surface area contributed by atoms with Gasteiger partial charge in [-0.25, -0.2) is 4.79 Å². The number of esters is 1. The quantitative estimate of drug-likeness (QED) is 0.344. The van der Waals surface area contributed by atoms with Crippen molar-refractivity contribution in [3.8, 4) is 0 Å². The van der Waals surface area contributed by atoms with Crippen molar-refractivity contribution in [1.29, 1.82) is 0 Å². The Morgan fingerprint density at radius 2 is 1.62 bits per heavy atom. The van der Waals surface area contributed by atoms with Crippen molar-refractivity contribution in [2.45, 2.75) is 137 Å². The Morgan fingerprint density at radius 3 is 2.26 bits per heavy atom. The Kier molecular flexibility index (Phi) is 9.25. The summed E-state index contributed by atoms with van der Waals surface area (Å²) < 4.78 is 6.15. The van der Waals surface area contributed by atoms with E-state index in [4.69, 9.17) is 10.5 Å². The van der Waals surface area contributed by atoms with Gasteiger partial charge in [0.2, 0.25) is 5.91 Å². The largest absolute Gasteiger partial charge is 0.461 e. The highest BCUT2D eigenvalue weighted by Gasteiger charge is 2.61. The molecule has 6 heteroatoms. The third kappa shape index (κ3) is 5.83. The number of ketones is 1. The topological polar surface area (TPSA) is 98.5 Å². The zero-order valence-electron chi connectivity index (χ0n) is 25.8. The first-order valence-corrected chi connectivity index (χ1v) is 16.1. The molecule has 0 aliphatic heterocycles. The van der Waals surface area contributed by atoms with Crippen molar-refractivity contribution in [1.82, 2.24) is 5.32 Å². The second kappa shape index (κ2) is 11.8. The van der Waals surface area contributed by atoms with Crippen LogP contribution in [0.4, 0.5) is 0 Å². The van der Waals surface area contributed by atoms with E-state index in [0.717, 1.165) is 38.0 Å². The molecule has 4 rings (SSSR count). The summed E-state index contributed by atoms with van der Waals surface area (Å²) in [5, 5.41) is 2.93. The van der Waals surface area contributed by atoms with Crippen molar-refractivity contribution in [3.63, 3.8) is 0 Å². The summed E-state index contributed by atoms with van der Waals surface area (Å²) in [7, 11) is 0. The second-order valence-electron chi connectivity index (χ2n) is 14.9. The van der Waals surface area contributed by atoms with Crippen molar-refractivity contribution in [2.24, 2.45) is 58.0 Å². The number of rotatable bonds is 9. The van der Waals surface area contributed by atoms with Gasteiger partial charge in [0.05, 0.1) is 6.04 Å². The van der Waals surface area contributed by atoms with Gasteiger partial charge in [0.25, 0.3) is 0 Å². The molecule has 4 fully saturated rings. The molecule has 11 atom stereocenters. The van der Waals surface area contributed by atoms with E-state index in [2.05, 4.69) is 33.0 Å². The number of carbonyl (C=O) groups is 3. The van der Waals surface area contributed by atoms with Crippen LogP contribution in [0.2, 0.25) is 0 Å². The molecule has 0 unspecified atom stereocenters. The number of ether oxygens (including phenoxy) is 1. The van der Waals surface area contributed by atoms with Gasteiger partial charge >= 0.3 is 5.97 Å². The van der Waals surface area contributed by atoms with Crippen molar-refractivity contribution in [2.75, 3.05) is 0 Å². The van der Waals surface area contributed by atoms with Gasteiger partial charge in [0.15, 0.2) is 0 Å². The first-order valence-electron chi connectivity index (χ1n) is 16.1. The zero-order valence-corrected chi connectivity index (χ0v) is 25.8. The molecule has 0 aromatic heterocycles. The molecule has 0 saturated heterocycles. The number of nitrogens with two attached hydrogens (primary N) is 1. The summed E-state index contributed by atoms with van der Waals surface area (Å²) in [4.78, 5) is 38.6. The second-order valence-corrected chi connectivity index (χ2v) is 14.9. The average molecular weight is 545 g/mol. The Morgan fingerprint density at radius 1 is 0.949 bits per heavy atom. The molecule has 1 amide bonds. The van der Waals surface area contributed by atoms with Gasteiger partial charge in [-0.1, -0.05) is 48.0 Å². The molecular weight excluding hydrogens is 488 g/mol. The molecule has 0 aromatic rings. The SMILES string of the molecule is CC[C@H](C)[C@H](N)C(=O)N[C@@H](CC(C)C)C(=O)O[C@@H]1CC[C@@]2(C)[C@@H](CC[C@@H]3[C@@H]2CC[C@]2(C)[C@@H](C(C)=O)CC[C@@H]32)C1. The standard InChI is InChI=1S/C33H56N2O4/c1-8-20(4)29(34)30(37)35-28(17-19(2)3)31(38)39-23-13-15-32(6)22(18-23)9-10-24-26-12-11-25(21(5)36)33(26,7)16-14-27(24)32/h19-20,22-29H,8-18,34H2,1-7H3,(H,35,37)/t20-,22-,23+,24-,25+,26-,27-,28-,29-,32-,33+/m0/s1. The molecule has 4 aliphatic rings. The Balaban J connectivity index is 1.39. The van der Waals surface area contributed by atoms with Gasteiger partial charge in [0, 0.05) is 5.92 Å². The van der Waals surface area contributed by atoms with Gasteiger partial charge in [0.1, 0.15) is 17.9 Å². The van der Waals surface area contributed by atoms with Crippen LogP contribution < -0.4 is 11.1 Å².